The van der Waals surface area contributed by atoms with E-state index >= 15 is 0 Å². The van der Waals surface area contributed by atoms with E-state index in [2.05, 4.69) is 89.5 Å². The zero-order valence-electron chi connectivity index (χ0n) is 22.6. The molecule has 5 aromatic carbocycles. The van der Waals surface area contributed by atoms with Crippen molar-refractivity contribution in [2.45, 2.75) is 12.0 Å². The van der Waals surface area contributed by atoms with Crippen LogP contribution in [-0.4, -0.2) is 25.6 Å². The Hall–Kier alpha value is -5.55. The Bertz CT molecular complexity index is 2250. The molecule has 9 rings (SSSR count). The van der Waals surface area contributed by atoms with Gasteiger partial charge in [0.05, 0.1) is 11.0 Å². The molecule has 0 N–H and O–H groups in total. The van der Waals surface area contributed by atoms with Crippen molar-refractivity contribution in [3.05, 3.63) is 139 Å². The molecule has 1 aliphatic heterocycles. The lowest BCUT2D eigenvalue weighted by atomic mass is 9.88. The van der Waals surface area contributed by atoms with Gasteiger partial charge in [0.1, 0.15) is 11.9 Å². The number of benzene rings is 5. The molecule has 0 radical (unpaired) electrons. The molecule has 2 atom stereocenters. The van der Waals surface area contributed by atoms with Gasteiger partial charge in [-0.2, -0.15) is 9.97 Å². The van der Waals surface area contributed by atoms with Crippen molar-refractivity contribution in [2.75, 3.05) is 0 Å². The van der Waals surface area contributed by atoms with Crippen molar-refractivity contribution in [1.82, 2.24) is 19.5 Å². The summed E-state index contributed by atoms with van der Waals surface area (Å²) in [5.41, 5.74) is 5.14. The largest absolute Gasteiger partial charge is 0.485 e. The van der Waals surface area contributed by atoms with Crippen molar-refractivity contribution >= 4 is 32.6 Å². The minimum atomic E-state index is -0.0216. The Morgan fingerprint density at radius 1 is 0.595 bits per heavy atom. The SMILES string of the molecule is C1=CC2Oc3cccc(-c4nc(-c5ccccc5)nc(-n5c6ccccc6c6cc7ccccc7cc65)n4)c3C2C=C1. The van der Waals surface area contributed by atoms with E-state index in [0.717, 1.165) is 38.9 Å². The van der Waals surface area contributed by atoms with Gasteiger partial charge in [0.25, 0.3) is 0 Å². The fourth-order valence-electron chi connectivity index (χ4n) is 6.46. The summed E-state index contributed by atoms with van der Waals surface area (Å²) in [5.74, 6) is 2.85. The highest BCUT2D eigenvalue weighted by Crippen LogP contribution is 2.46. The Balaban J connectivity index is 1.35. The first-order chi connectivity index (χ1) is 20.8. The van der Waals surface area contributed by atoms with Crippen LogP contribution in [0.1, 0.15) is 11.5 Å². The summed E-state index contributed by atoms with van der Waals surface area (Å²) >= 11 is 0. The number of hydrogen-bond acceptors (Lipinski definition) is 4. The summed E-state index contributed by atoms with van der Waals surface area (Å²) in [6.45, 7) is 0. The molecule has 2 unspecified atom stereocenters. The molecule has 5 heteroatoms. The van der Waals surface area contributed by atoms with Crippen LogP contribution in [0.3, 0.4) is 0 Å². The molecule has 5 nitrogen and oxygen atoms in total. The first-order valence-electron chi connectivity index (χ1n) is 14.2. The topological polar surface area (TPSA) is 52.8 Å². The molecule has 198 valence electrons. The Labute approximate surface area is 242 Å². The van der Waals surface area contributed by atoms with E-state index in [1.54, 1.807) is 0 Å². The van der Waals surface area contributed by atoms with Gasteiger partial charge in [-0.25, -0.2) is 4.98 Å². The van der Waals surface area contributed by atoms with E-state index < -0.39 is 0 Å². The zero-order chi connectivity index (χ0) is 27.6. The first-order valence-corrected chi connectivity index (χ1v) is 14.2. The van der Waals surface area contributed by atoms with Crippen molar-refractivity contribution < 1.29 is 4.74 Å². The monoisotopic (exact) mass is 540 g/mol. The number of allylic oxidation sites excluding steroid dienone is 2. The maximum Gasteiger partial charge on any atom is 0.238 e. The number of rotatable bonds is 3. The summed E-state index contributed by atoms with van der Waals surface area (Å²) in [7, 11) is 0. The van der Waals surface area contributed by atoms with Crippen LogP contribution >= 0.6 is 0 Å². The quantitative estimate of drug-likeness (QED) is 0.226. The highest BCUT2D eigenvalue weighted by Gasteiger charge is 2.35. The lowest BCUT2D eigenvalue weighted by Gasteiger charge is -2.16. The number of aromatic nitrogens is 4. The van der Waals surface area contributed by atoms with E-state index in [9.17, 15) is 0 Å². The predicted molar refractivity (Wildman–Crippen MR) is 168 cm³/mol. The molecule has 0 fully saturated rings. The number of hydrogen-bond donors (Lipinski definition) is 0. The number of para-hydroxylation sites is 1. The van der Waals surface area contributed by atoms with E-state index in [1.165, 1.54) is 16.2 Å². The van der Waals surface area contributed by atoms with Crippen LogP contribution in [0.15, 0.2) is 133 Å². The molecule has 42 heavy (non-hydrogen) atoms. The highest BCUT2D eigenvalue weighted by atomic mass is 16.5. The molecule has 1 aliphatic carbocycles. The average Bonchev–Trinajstić information content (AvgIpc) is 3.59. The van der Waals surface area contributed by atoms with Gasteiger partial charge in [0.2, 0.25) is 5.95 Å². The van der Waals surface area contributed by atoms with Gasteiger partial charge < -0.3 is 4.74 Å². The molecule has 7 aromatic rings. The van der Waals surface area contributed by atoms with Gasteiger partial charge in [-0.3, -0.25) is 4.57 Å². The fraction of sp³-hybridized carbons (Fsp3) is 0.0541. The smallest absolute Gasteiger partial charge is 0.238 e. The van der Waals surface area contributed by atoms with Crippen LogP contribution in [0.4, 0.5) is 0 Å². The minimum absolute atomic E-state index is 0.0216. The lowest BCUT2D eigenvalue weighted by Crippen LogP contribution is -2.16. The summed E-state index contributed by atoms with van der Waals surface area (Å²) in [5, 5.41) is 4.71. The molecule has 0 saturated carbocycles. The van der Waals surface area contributed by atoms with Gasteiger partial charge in [0.15, 0.2) is 11.6 Å². The summed E-state index contributed by atoms with van der Waals surface area (Å²) in [6.07, 6.45) is 8.44. The first kappa shape index (κ1) is 23.2. The zero-order valence-corrected chi connectivity index (χ0v) is 22.6. The second-order valence-electron chi connectivity index (χ2n) is 10.8. The second kappa shape index (κ2) is 8.98. The van der Waals surface area contributed by atoms with Crippen LogP contribution in [-0.2, 0) is 0 Å². The van der Waals surface area contributed by atoms with Crippen molar-refractivity contribution in [3.8, 4) is 34.5 Å². The standard InChI is InChI=1S/C37H24N4O/c1-2-11-23(12-3-1)35-38-36(28-17-10-20-33-34(28)27-16-7-9-19-32(27)42-33)40-37(39-35)41-30-18-8-6-15-26(30)29-21-24-13-4-5-14-25(24)22-31(29)41/h1-22,27,32H. The van der Waals surface area contributed by atoms with Gasteiger partial charge in [-0.05, 0) is 41.1 Å². The normalized spacial score (nSPS) is 17.0. The number of nitrogens with zero attached hydrogens (tertiary/aromatic N) is 4. The molecule has 0 saturated heterocycles. The fourth-order valence-corrected chi connectivity index (χ4v) is 6.46. The van der Waals surface area contributed by atoms with E-state index in [0.29, 0.717) is 17.6 Å². The molecule has 2 aromatic heterocycles. The van der Waals surface area contributed by atoms with Gasteiger partial charge in [0, 0.05) is 33.4 Å². The molecule has 3 heterocycles. The van der Waals surface area contributed by atoms with Crippen LogP contribution in [0.2, 0.25) is 0 Å². The maximum absolute atomic E-state index is 6.33. The summed E-state index contributed by atoms with van der Waals surface area (Å²) < 4.78 is 8.51. The van der Waals surface area contributed by atoms with Crippen molar-refractivity contribution in [2.24, 2.45) is 0 Å². The van der Waals surface area contributed by atoms with Gasteiger partial charge in [-0.15, -0.1) is 0 Å². The molecule has 2 aliphatic rings. The third-order valence-electron chi connectivity index (χ3n) is 8.38. The van der Waals surface area contributed by atoms with E-state index in [1.807, 2.05) is 48.5 Å². The molecule has 0 amide bonds. The minimum Gasteiger partial charge on any atom is -0.485 e. The summed E-state index contributed by atoms with van der Waals surface area (Å²) in [4.78, 5) is 15.4. The van der Waals surface area contributed by atoms with E-state index in [-0.39, 0.29) is 12.0 Å². The summed E-state index contributed by atoms with van der Waals surface area (Å²) in [6, 6.07) is 37.8. The second-order valence-corrected chi connectivity index (χ2v) is 10.8. The highest BCUT2D eigenvalue weighted by molar-refractivity contribution is 6.13. The third-order valence-corrected chi connectivity index (χ3v) is 8.38. The number of fused-ring (bicyclic) bond motifs is 7. The van der Waals surface area contributed by atoms with Crippen LogP contribution < -0.4 is 4.74 Å². The number of ether oxygens (including phenoxy) is 1. The molecule has 0 bridgehead atoms. The maximum atomic E-state index is 6.33. The predicted octanol–water partition coefficient (Wildman–Crippen LogP) is 8.43. The Kier molecular flexibility index (Phi) is 4.96. The van der Waals surface area contributed by atoms with Gasteiger partial charge >= 0.3 is 0 Å². The molecule has 0 spiro atoms. The van der Waals surface area contributed by atoms with Crippen LogP contribution in [0.5, 0.6) is 5.75 Å². The van der Waals surface area contributed by atoms with Crippen molar-refractivity contribution in [1.29, 1.82) is 0 Å². The molecular formula is C37H24N4O. The van der Waals surface area contributed by atoms with Crippen molar-refractivity contribution in [3.63, 3.8) is 0 Å². The molecular weight excluding hydrogens is 516 g/mol. The lowest BCUT2D eigenvalue weighted by molar-refractivity contribution is 0.269. The Morgan fingerprint density at radius 2 is 1.36 bits per heavy atom. The third kappa shape index (κ3) is 3.47. The van der Waals surface area contributed by atoms with Crippen LogP contribution in [0, 0.1) is 0 Å². The van der Waals surface area contributed by atoms with Gasteiger partial charge in [-0.1, -0.05) is 103 Å². The Morgan fingerprint density at radius 3 is 2.26 bits per heavy atom. The average molecular weight is 541 g/mol. The van der Waals surface area contributed by atoms with E-state index in [4.69, 9.17) is 19.7 Å². The van der Waals surface area contributed by atoms with Crippen LogP contribution in [0.25, 0.3) is 61.3 Å².